The molecule has 0 saturated carbocycles. The van der Waals surface area contributed by atoms with Crippen molar-refractivity contribution in [3.63, 3.8) is 0 Å². The summed E-state index contributed by atoms with van der Waals surface area (Å²) in [6.07, 6.45) is 3.41. The minimum atomic E-state index is -0.293. The molecule has 4 nitrogen and oxygen atoms in total. The van der Waals surface area contributed by atoms with Crippen LogP contribution in [-0.4, -0.2) is 29.9 Å². The normalized spacial score (nSPS) is 17.1. The molecular formula is C14H20ClN3O. The zero-order chi connectivity index (χ0) is 13.8. The zero-order valence-electron chi connectivity index (χ0n) is 11.2. The van der Waals surface area contributed by atoms with Gasteiger partial charge < -0.3 is 16.0 Å². The first kappa shape index (κ1) is 14.0. The van der Waals surface area contributed by atoms with Crippen LogP contribution in [0.15, 0.2) is 18.2 Å². The van der Waals surface area contributed by atoms with Gasteiger partial charge in [0.25, 0.3) is 0 Å². The molecule has 0 bridgehead atoms. The Balaban J connectivity index is 2.01. The van der Waals surface area contributed by atoms with Crippen LogP contribution in [0.2, 0.25) is 5.02 Å². The summed E-state index contributed by atoms with van der Waals surface area (Å²) in [5, 5.41) is 3.75. The number of rotatable bonds is 3. The van der Waals surface area contributed by atoms with Gasteiger partial charge in [0, 0.05) is 18.1 Å². The lowest BCUT2D eigenvalue weighted by atomic mass is 10.1. The summed E-state index contributed by atoms with van der Waals surface area (Å²) in [7, 11) is 0. The van der Waals surface area contributed by atoms with Crippen molar-refractivity contribution >= 4 is 28.9 Å². The average Bonchev–Trinajstić information content (AvgIpc) is 2.43. The molecule has 1 heterocycles. The lowest BCUT2D eigenvalue weighted by Crippen LogP contribution is -2.43. The number of carbonyl (C=O) groups excluding carboxylic acids is 1. The van der Waals surface area contributed by atoms with Crippen molar-refractivity contribution in [2.45, 2.75) is 32.2 Å². The van der Waals surface area contributed by atoms with Gasteiger partial charge in [0.05, 0.1) is 11.4 Å². The number of hydrogen-bond acceptors (Lipinski definition) is 3. The molecule has 19 heavy (non-hydrogen) atoms. The quantitative estimate of drug-likeness (QED) is 0.838. The zero-order valence-corrected chi connectivity index (χ0v) is 11.9. The number of anilines is 2. The highest BCUT2D eigenvalue weighted by Crippen LogP contribution is 2.24. The van der Waals surface area contributed by atoms with Crippen molar-refractivity contribution in [3.8, 4) is 0 Å². The molecule has 1 unspecified atom stereocenters. The second-order valence-corrected chi connectivity index (χ2v) is 5.42. The molecule has 1 amide bonds. The van der Waals surface area contributed by atoms with E-state index in [0.29, 0.717) is 16.4 Å². The van der Waals surface area contributed by atoms with Crippen LogP contribution >= 0.6 is 11.6 Å². The van der Waals surface area contributed by atoms with Crippen LogP contribution in [0.25, 0.3) is 0 Å². The van der Waals surface area contributed by atoms with Crippen LogP contribution in [0, 0.1) is 0 Å². The second kappa shape index (κ2) is 6.15. The molecule has 1 fully saturated rings. The lowest BCUT2D eigenvalue weighted by Gasteiger charge is -2.30. The number of nitrogens with zero attached hydrogens (tertiary/aromatic N) is 1. The van der Waals surface area contributed by atoms with Crippen molar-refractivity contribution in [3.05, 3.63) is 23.2 Å². The van der Waals surface area contributed by atoms with Crippen molar-refractivity contribution in [1.29, 1.82) is 0 Å². The number of carbonyl (C=O) groups is 1. The van der Waals surface area contributed by atoms with Crippen LogP contribution in [0.4, 0.5) is 11.4 Å². The first-order chi connectivity index (χ1) is 9.08. The highest BCUT2D eigenvalue weighted by atomic mass is 35.5. The molecule has 3 N–H and O–H groups in total. The molecule has 1 atom stereocenters. The van der Waals surface area contributed by atoms with Crippen LogP contribution in [0.3, 0.4) is 0 Å². The van der Waals surface area contributed by atoms with E-state index < -0.39 is 0 Å². The fourth-order valence-corrected chi connectivity index (χ4v) is 2.51. The number of amides is 1. The molecule has 0 spiro atoms. The van der Waals surface area contributed by atoms with Gasteiger partial charge in [-0.15, -0.1) is 0 Å². The summed E-state index contributed by atoms with van der Waals surface area (Å²) in [5.41, 5.74) is 7.18. The summed E-state index contributed by atoms with van der Waals surface area (Å²) in [6.45, 7) is 3.57. The molecule has 5 heteroatoms. The SMILES string of the molecule is CC(Nc1cc(Cl)ccc1N)C(=O)N1CCCCC1. The van der Waals surface area contributed by atoms with Crippen LogP contribution in [-0.2, 0) is 4.79 Å². The number of piperidine rings is 1. The maximum absolute atomic E-state index is 12.3. The van der Waals surface area contributed by atoms with E-state index in [1.807, 2.05) is 11.8 Å². The predicted molar refractivity (Wildman–Crippen MR) is 79.4 cm³/mol. The fourth-order valence-electron chi connectivity index (χ4n) is 2.34. The molecular weight excluding hydrogens is 262 g/mol. The molecule has 1 aromatic rings. The molecule has 0 aliphatic carbocycles. The molecule has 1 aliphatic heterocycles. The van der Waals surface area contributed by atoms with E-state index >= 15 is 0 Å². The van der Waals surface area contributed by atoms with E-state index in [1.54, 1.807) is 18.2 Å². The van der Waals surface area contributed by atoms with E-state index in [0.717, 1.165) is 25.9 Å². The number of halogens is 1. The van der Waals surface area contributed by atoms with Crippen molar-refractivity contribution in [1.82, 2.24) is 4.90 Å². The van der Waals surface area contributed by atoms with Gasteiger partial charge in [-0.2, -0.15) is 0 Å². The topological polar surface area (TPSA) is 58.4 Å². The number of nitrogen functional groups attached to an aromatic ring is 1. The number of nitrogens with two attached hydrogens (primary N) is 1. The third-order valence-electron chi connectivity index (χ3n) is 3.43. The van der Waals surface area contributed by atoms with Gasteiger partial charge in [-0.3, -0.25) is 4.79 Å². The molecule has 104 valence electrons. The number of nitrogens with one attached hydrogen (secondary N) is 1. The number of benzene rings is 1. The monoisotopic (exact) mass is 281 g/mol. The van der Waals surface area contributed by atoms with Crippen molar-refractivity contribution in [2.75, 3.05) is 24.1 Å². The first-order valence-electron chi connectivity index (χ1n) is 6.68. The summed E-state index contributed by atoms with van der Waals surface area (Å²) in [6, 6.07) is 4.93. The third-order valence-corrected chi connectivity index (χ3v) is 3.66. The minimum Gasteiger partial charge on any atom is -0.397 e. The Hall–Kier alpha value is -1.42. The van der Waals surface area contributed by atoms with E-state index in [4.69, 9.17) is 17.3 Å². The summed E-state index contributed by atoms with van der Waals surface area (Å²) in [5.74, 6) is 0.124. The fraction of sp³-hybridized carbons (Fsp3) is 0.500. The molecule has 2 rings (SSSR count). The van der Waals surface area contributed by atoms with Gasteiger partial charge in [-0.05, 0) is 44.4 Å². The number of likely N-dealkylation sites (tertiary alicyclic amines) is 1. The number of hydrogen-bond donors (Lipinski definition) is 2. The predicted octanol–water partition coefficient (Wildman–Crippen LogP) is 2.74. The average molecular weight is 282 g/mol. The van der Waals surface area contributed by atoms with E-state index in [2.05, 4.69) is 5.32 Å². The Bertz CT molecular complexity index is 458. The largest absolute Gasteiger partial charge is 0.397 e. The van der Waals surface area contributed by atoms with Gasteiger partial charge in [0.15, 0.2) is 0 Å². The second-order valence-electron chi connectivity index (χ2n) is 4.98. The molecule has 1 saturated heterocycles. The van der Waals surface area contributed by atoms with Gasteiger partial charge >= 0.3 is 0 Å². The maximum Gasteiger partial charge on any atom is 0.244 e. The van der Waals surface area contributed by atoms with Crippen LogP contribution in [0.5, 0.6) is 0 Å². The molecule has 1 aromatic carbocycles. The van der Waals surface area contributed by atoms with Crippen LogP contribution < -0.4 is 11.1 Å². The Morgan fingerprint density at radius 3 is 2.74 bits per heavy atom. The van der Waals surface area contributed by atoms with Crippen molar-refractivity contribution in [2.24, 2.45) is 0 Å². The standard InChI is InChI=1S/C14H20ClN3O/c1-10(14(19)18-7-3-2-4-8-18)17-13-9-11(15)5-6-12(13)16/h5-6,9-10,17H,2-4,7-8,16H2,1H3. The van der Waals surface area contributed by atoms with Gasteiger partial charge in [-0.25, -0.2) is 0 Å². The molecule has 1 aliphatic rings. The Morgan fingerprint density at radius 2 is 2.05 bits per heavy atom. The smallest absolute Gasteiger partial charge is 0.244 e. The van der Waals surface area contributed by atoms with Crippen LogP contribution in [0.1, 0.15) is 26.2 Å². The lowest BCUT2D eigenvalue weighted by molar-refractivity contribution is -0.132. The maximum atomic E-state index is 12.3. The minimum absolute atomic E-state index is 0.124. The van der Waals surface area contributed by atoms with E-state index in [9.17, 15) is 4.79 Å². The molecule has 0 radical (unpaired) electrons. The van der Waals surface area contributed by atoms with Gasteiger partial charge in [-0.1, -0.05) is 11.6 Å². The highest BCUT2D eigenvalue weighted by molar-refractivity contribution is 6.31. The van der Waals surface area contributed by atoms with E-state index in [1.165, 1.54) is 6.42 Å². The summed E-state index contributed by atoms with van der Waals surface area (Å²) >= 11 is 5.94. The molecule has 0 aromatic heterocycles. The van der Waals surface area contributed by atoms with Gasteiger partial charge in [0.2, 0.25) is 5.91 Å². The Labute approximate surface area is 118 Å². The summed E-state index contributed by atoms with van der Waals surface area (Å²) in [4.78, 5) is 14.2. The first-order valence-corrected chi connectivity index (χ1v) is 7.06. The van der Waals surface area contributed by atoms with E-state index in [-0.39, 0.29) is 11.9 Å². The highest BCUT2D eigenvalue weighted by Gasteiger charge is 2.22. The Kier molecular flexibility index (Phi) is 4.53. The third kappa shape index (κ3) is 3.53. The Morgan fingerprint density at radius 1 is 1.37 bits per heavy atom. The van der Waals surface area contributed by atoms with Gasteiger partial charge in [0.1, 0.15) is 6.04 Å². The summed E-state index contributed by atoms with van der Waals surface area (Å²) < 4.78 is 0. The van der Waals surface area contributed by atoms with Crippen molar-refractivity contribution < 1.29 is 4.79 Å².